The molecule has 0 fully saturated rings. The Morgan fingerprint density at radius 2 is 1.50 bits per heavy atom. The number of nitrogens with zero attached hydrogens (tertiary/aromatic N) is 1. The van der Waals surface area contributed by atoms with Gasteiger partial charge in [-0.05, 0) is 46.7 Å². The largest absolute Gasteiger partial charge is 0.356 e. The second kappa shape index (κ2) is 8.13. The molecule has 6 heteroatoms. The van der Waals surface area contributed by atoms with Crippen LogP contribution in [0.2, 0.25) is 0 Å². The molecule has 0 saturated carbocycles. The molecule has 1 heterocycles. The first-order valence-electron chi connectivity index (χ1n) is 11.8. The van der Waals surface area contributed by atoms with E-state index < -0.39 is 11.2 Å². The van der Waals surface area contributed by atoms with E-state index in [2.05, 4.69) is 58.8 Å². The van der Waals surface area contributed by atoms with Gasteiger partial charge in [-0.2, -0.15) is 0 Å². The molecule has 1 aromatic heterocycles. The minimum Gasteiger partial charge on any atom is -0.356 e. The molecule has 34 heavy (non-hydrogen) atoms. The van der Waals surface area contributed by atoms with Gasteiger partial charge in [-0.25, -0.2) is 4.79 Å². The Balaban J connectivity index is 1.18. The van der Waals surface area contributed by atoms with Crippen molar-refractivity contribution in [3.8, 4) is 0 Å². The van der Waals surface area contributed by atoms with Gasteiger partial charge in [-0.1, -0.05) is 60.7 Å². The lowest BCUT2D eigenvalue weighted by Crippen LogP contribution is -2.39. The summed E-state index contributed by atoms with van der Waals surface area (Å²) in [7, 11) is 0. The number of hydrogen-bond acceptors (Lipinski definition) is 3. The molecule has 1 atom stereocenters. The Hall–Kier alpha value is -3.93. The molecule has 2 N–H and O–H groups in total. The van der Waals surface area contributed by atoms with E-state index in [0.29, 0.717) is 29.3 Å². The monoisotopic (exact) mass is 451 g/mol. The number of carbonyl (C=O) groups is 1. The Morgan fingerprint density at radius 3 is 2.21 bits per heavy atom. The number of benzene rings is 3. The summed E-state index contributed by atoms with van der Waals surface area (Å²) in [6.07, 6.45) is 1.19. The van der Waals surface area contributed by atoms with Gasteiger partial charge < -0.3 is 5.32 Å². The second-order valence-corrected chi connectivity index (χ2v) is 9.27. The van der Waals surface area contributed by atoms with Gasteiger partial charge >= 0.3 is 5.69 Å². The molecule has 6 nitrogen and oxygen atoms in total. The molecule has 0 aliphatic heterocycles. The maximum absolute atomic E-state index is 12.8. The average Bonchev–Trinajstić information content (AvgIpc) is 2.87. The summed E-state index contributed by atoms with van der Waals surface area (Å²) in [5.41, 5.74) is 5.23. The van der Waals surface area contributed by atoms with Crippen LogP contribution in [0.15, 0.2) is 82.4 Å². The normalized spacial score (nSPS) is 20.1. The molecule has 0 unspecified atom stereocenters. The number of hydrogen-bond donors (Lipinski definition) is 2. The lowest BCUT2D eigenvalue weighted by molar-refractivity contribution is -0.121. The average molecular weight is 452 g/mol. The van der Waals surface area contributed by atoms with E-state index in [1.165, 1.54) is 26.8 Å². The number of rotatable bonds is 5. The van der Waals surface area contributed by atoms with Crippen molar-refractivity contribution < 1.29 is 4.79 Å². The number of H-pyrrole nitrogens is 1. The summed E-state index contributed by atoms with van der Waals surface area (Å²) < 4.78 is 1.46. The number of amides is 1. The fraction of sp³-hybridized carbons (Fsp3) is 0.250. The third-order valence-corrected chi connectivity index (χ3v) is 7.45. The molecule has 170 valence electrons. The van der Waals surface area contributed by atoms with E-state index in [1.54, 1.807) is 24.3 Å². The van der Waals surface area contributed by atoms with Gasteiger partial charge in [0.25, 0.3) is 5.56 Å². The van der Waals surface area contributed by atoms with Crippen molar-refractivity contribution in [3.63, 3.8) is 0 Å². The Bertz CT molecular complexity index is 1490. The molecule has 0 radical (unpaired) electrons. The Kier molecular flexibility index (Phi) is 4.94. The van der Waals surface area contributed by atoms with E-state index in [0.717, 1.165) is 6.42 Å². The van der Waals surface area contributed by atoms with E-state index in [9.17, 15) is 14.4 Å². The minimum atomic E-state index is -0.491. The highest BCUT2D eigenvalue weighted by Gasteiger charge is 2.42. The standard InChI is InChI=1S/C28H25N3O3/c32-25(13-14-31-24-12-6-5-11-22(24)27(33)30-28(31)34)29-16-17-15-23-18-7-1-3-9-20(18)26(17)21-10-4-2-8-19(21)23/h1-12,17,23,26H,13-16H2,(H,29,32)(H,30,33,34)/t17-,23?,26?/m1/s1. The van der Waals surface area contributed by atoms with Crippen LogP contribution in [0, 0.1) is 5.92 Å². The topological polar surface area (TPSA) is 84.0 Å². The van der Waals surface area contributed by atoms with E-state index in [4.69, 9.17) is 0 Å². The molecular weight excluding hydrogens is 426 g/mol. The fourth-order valence-corrected chi connectivity index (χ4v) is 5.97. The number of aromatic nitrogens is 2. The maximum atomic E-state index is 12.8. The van der Waals surface area contributed by atoms with Gasteiger partial charge in [0.15, 0.2) is 0 Å². The molecule has 0 spiro atoms. The van der Waals surface area contributed by atoms with Crippen LogP contribution in [0.3, 0.4) is 0 Å². The van der Waals surface area contributed by atoms with Crippen molar-refractivity contribution >= 4 is 16.8 Å². The number of aromatic amines is 1. The molecule has 3 aromatic carbocycles. The lowest BCUT2D eigenvalue weighted by Gasteiger charge is -2.45. The number of fused-ring (bicyclic) bond motifs is 2. The number of carbonyl (C=O) groups excluding carboxylic acids is 1. The molecule has 2 bridgehead atoms. The van der Waals surface area contributed by atoms with Crippen molar-refractivity contribution in [3.05, 3.63) is 116 Å². The van der Waals surface area contributed by atoms with Crippen LogP contribution in [-0.4, -0.2) is 22.0 Å². The van der Waals surface area contributed by atoms with Crippen LogP contribution in [0.25, 0.3) is 10.9 Å². The number of aryl methyl sites for hydroxylation is 1. The quantitative estimate of drug-likeness (QED) is 0.487. The van der Waals surface area contributed by atoms with E-state index in [-0.39, 0.29) is 24.8 Å². The summed E-state index contributed by atoms with van der Waals surface area (Å²) in [6, 6.07) is 24.3. The summed E-state index contributed by atoms with van der Waals surface area (Å²) >= 11 is 0. The third kappa shape index (κ3) is 3.29. The van der Waals surface area contributed by atoms with Crippen molar-refractivity contribution in [2.24, 2.45) is 5.92 Å². The predicted molar refractivity (Wildman–Crippen MR) is 131 cm³/mol. The molecule has 3 aliphatic carbocycles. The highest BCUT2D eigenvalue weighted by molar-refractivity contribution is 5.79. The van der Waals surface area contributed by atoms with E-state index >= 15 is 0 Å². The first-order chi connectivity index (χ1) is 16.6. The summed E-state index contributed by atoms with van der Waals surface area (Å²) in [4.78, 5) is 39.5. The van der Waals surface area contributed by atoms with Crippen LogP contribution in [0.1, 0.15) is 46.9 Å². The SMILES string of the molecule is O=C(CCn1c(=O)[nH]c(=O)c2ccccc21)NC[C@H]1CC2c3ccccc3C1c1ccccc12. The van der Waals surface area contributed by atoms with Crippen LogP contribution >= 0.6 is 0 Å². The zero-order chi connectivity index (χ0) is 23.2. The zero-order valence-corrected chi connectivity index (χ0v) is 18.7. The van der Waals surface area contributed by atoms with Gasteiger partial charge in [-0.15, -0.1) is 0 Å². The van der Waals surface area contributed by atoms with Crippen molar-refractivity contribution in [1.29, 1.82) is 0 Å². The van der Waals surface area contributed by atoms with Gasteiger partial charge in [0, 0.05) is 31.3 Å². The van der Waals surface area contributed by atoms with Gasteiger partial charge in [-0.3, -0.25) is 19.1 Å². The summed E-state index contributed by atoms with van der Waals surface area (Å²) in [5, 5.41) is 3.56. The first kappa shape index (κ1) is 20.7. The Morgan fingerprint density at radius 1 is 0.882 bits per heavy atom. The molecule has 4 aromatic rings. The van der Waals surface area contributed by atoms with Crippen LogP contribution < -0.4 is 16.6 Å². The molecule has 0 saturated heterocycles. The fourth-order valence-electron chi connectivity index (χ4n) is 5.97. The highest BCUT2D eigenvalue weighted by Crippen LogP contribution is 2.55. The lowest BCUT2D eigenvalue weighted by atomic mass is 9.59. The predicted octanol–water partition coefficient (Wildman–Crippen LogP) is 3.49. The maximum Gasteiger partial charge on any atom is 0.328 e. The number of nitrogens with one attached hydrogen (secondary N) is 2. The smallest absolute Gasteiger partial charge is 0.328 e. The van der Waals surface area contributed by atoms with E-state index in [1.807, 2.05) is 0 Å². The summed E-state index contributed by atoms with van der Waals surface area (Å²) in [6.45, 7) is 0.814. The van der Waals surface area contributed by atoms with Crippen molar-refractivity contribution in [1.82, 2.24) is 14.9 Å². The summed E-state index contributed by atoms with van der Waals surface area (Å²) in [5.74, 6) is 0.884. The second-order valence-electron chi connectivity index (χ2n) is 9.27. The third-order valence-electron chi connectivity index (χ3n) is 7.45. The number of para-hydroxylation sites is 1. The van der Waals surface area contributed by atoms with Crippen LogP contribution in [0.5, 0.6) is 0 Å². The highest BCUT2D eigenvalue weighted by atomic mass is 16.2. The van der Waals surface area contributed by atoms with Gasteiger partial charge in [0.05, 0.1) is 10.9 Å². The van der Waals surface area contributed by atoms with Crippen molar-refractivity contribution in [2.45, 2.75) is 31.2 Å². The van der Waals surface area contributed by atoms with Crippen LogP contribution in [-0.2, 0) is 11.3 Å². The molecule has 1 amide bonds. The van der Waals surface area contributed by atoms with Crippen LogP contribution in [0.4, 0.5) is 0 Å². The molecular formula is C28H25N3O3. The van der Waals surface area contributed by atoms with Gasteiger partial charge in [0.1, 0.15) is 0 Å². The molecule has 3 aliphatic rings. The zero-order valence-electron chi connectivity index (χ0n) is 18.7. The first-order valence-corrected chi connectivity index (χ1v) is 11.8. The molecule has 7 rings (SSSR count). The minimum absolute atomic E-state index is 0.0924. The van der Waals surface area contributed by atoms with Gasteiger partial charge in [0.2, 0.25) is 5.91 Å². The van der Waals surface area contributed by atoms with Crippen molar-refractivity contribution in [2.75, 3.05) is 6.54 Å². The Labute approximate surface area is 196 Å².